The zero-order valence-electron chi connectivity index (χ0n) is 17.8. The predicted molar refractivity (Wildman–Crippen MR) is 120 cm³/mol. The van der Waals surface area contributed by atoms with Gasteiger partial charge in [-0.25, -0.2) is 0 Å². The Morgan fingerprint density at radius 3 is 2.71 bits per heavy atom. The van der Waals surface area contributed by atoms with Crippen LogP contribution in [0.25, 0.3) is 0 Å². The van der Waals surface area contributed by atoms with E-state index in [4.69, 9.17) is 10.00 Å². The van der Waals surface area contributed by atoms with Crippen LogP contribution in [0.5, 0.6) is 0 Å². The van der Waals surface area contributed by atoms with Gasteiger partial charge in [0.15, 0.2) is 5.16 Å². The Bertz CT molecular complexity index is 924. The molecule has 1 atom stereocenters. The van der Waals surface area contributed by atoms with Gasteiger partial charge < -0.3 is 15.0 Å². The van der Waals surface area contributed by atoms with Gasteiger partial charge in [0.25, 0.3) is 0 Å². The third kappa shape index (κ3) is 5.57. The maximum absolute atomic E-state index is 12.5. The van der Waals surface area contributed by atoms with Gasteiger partial charge in [-0.15, -0.1) is 10.2 Å². The van der Waals surface area contributed by atoms with E-state index in [2.05, 4.69) is 38.0 Å². The summed E-state index contributed by atoms with van der Waals surface area (Å²) in [6.45, 7) is 5.78. The molecule has 2 saturated heterocycles. The number of rotatable bonds is 7. The lowest BCUT2D eigenvalue weighted by atomic mass is 10.00. The zero-order chi connectivity index (χ0) is 21.6. The van der Waals surface area contributed by atoms with Crippen LogP contribution in [0.15, 0.2) is 29.4 Å². The molecular weight excluding hydrogens is 412 g/mol. The Labute approximate surface area is 187 Å². The van der Waals surface area contributed by atoms with Crippen LogP contribution in [-0.2, 0) is 16.1 Å². The molecule has 2 aromatic rings. The van der Waals surface area contributed by atoms with Gasteiger partial charge in [-0.2, -0.15) is 5.26 Å². The number of nitriles is 1. The molecule has 0 unspecified atom stereocenters. The second kappa shape index (κ2) is 10.2. The Balaban J connectivity index is 1.42. The smallest absolute Gasteiger partial charge is 0.234 e. The molecule has 8 nitrogen and oxygen atoms in total. The van der Waals surface area contributed by atoms with Gasteiger partial charge in [0, 0.05) is 25.4 Å². The topological polar surface area (TPSA) is 96.1 Å². The van der Waals surface area contributed by atoms with E-state index in [0.29, 0.717) is 17.8 Å². The van der Waals surface area contributed by atoms with Crippen LogP contribution in [0.4, 0.5) is 11.6 Å². The number of aromatic nitrogens is 3. The molecule has 2 aliphatic heterocycles. The molecule has 1 amide bonds. The summed E-state index contributed by atoms with van der Waals surface area (Å²) < 4.78 is 7.99. The van der Waals surface area contributed by atoms with Crippen molar-refractivity contribution in [1.29, 1.82) is 5.26 Å². The van der Waals surface area contributed by atoms with Crippen molar-refractivity contribution in [2.45, 2.75) is 50.4 Å². The van der Waals surface area contributed by atoms with E-state index in [-0.39, 0.29) is 17.8 Å². The lowest BCUT2D eigenvalue weighted by Crippen LogP contribution is -2.35. The first kappa shape index (κ1) is 21.7. The standard InChI is InChI=1S/C22H28N6O2S/c1-16-8-10-27(11-9-16)21-25-26-22(28(21)14-19-3-2-12-30-19)31-15-20(29)24-18-6-4-17(13-23)5-7-18/h4-7,16,19H,2-3,8-12,14-15H2,1H3,(H,24,29)/t19-/m1/s1. The molecule has 0 spiro atoms. The number of nitrogens with one attached hydrogen (secondary N) is 1. The maximum atomic E-state index is 12.5. The first-order valence-corrected chi connectivity index (χ1v) is 11.8. The fourth-order valence-electron chi connectivity index (χ4n) is 3.94. The molecule has 2 aliphatic rings. The number of carbonyl (C=O) groups excluding carboxylic acids is 1. The normalized spacial score (nSPS) is 19.4. The molecule has 2 fully saturated rings. The monoisotopic (exact) mass is 440 g/mol. The van der Waals surface area contributed by atoms with E-state index < -0.39 is 0 Å². The van der Waals surface area contributed by atoms with Gasteiger partial charge in [0.1, 0.15) is 0 Å². The van der Waals surface area contributed by atoms with Crippen molar-refractivity contribution in [3.8, 4) is 6.07 Å². The van der Waals surface area contributed by atoms with Crippen molar-refractivity contribution in [2.24, 2.45) is 5.92 Å². The zero-order valence-corrected chi connectivity index (χ0v) is 18.6. The summed E-state index contributed by atoms with van der Waals surface area (Å²) in [5.41, 5.74) is 1.24. The van der Waals surface area contributed by atoms with Gasteiger partial charge in [-0.3, -0.25) is 9.36 Å². The van der Waals surface area contributed by atoms with Crippen molar-refractivity contribution >= 4 is 29.3 Å². The number of piperidine rings is 1. The Hall–Kier alpha value is -2.57. The number of hydrogen-bond donors (Lipinski definition) is 1. The summed E-state index contributed by atoms with van der Waals surface area (Å²) in [4.78, 5) is 14.8. The van der Waals surface area contributed by atoms with E-state index in [0.717, 1.165) is 62.4 Å². The van der Waals surface area contributed by atoms with E-state index in [1.165, 1.54) is 11.8 Å². The van der Waals surface area contributed by atoms with Crippen LogP contribution in [0.3, 0.4) is 0 Å². The summed E-state index contributed by atoms with van der Waals surface area (Å²) >= 11 is 1.39. The fourth-order valence-corrected chi connectivity index (χ4v) is 4.68. The number of carbonyl (C=O) groups is 1. The quantitative estimate of drug-likeness (QED) is 0.660. The van der Waals surface area contributed by atoms with Crippen molar-refractivity contribution < 1.29 is 9.53 Å². The highest BCUT2D eigenvalue weighted by Gasteiger charge is 2.26. The Kier molecular flexibility index (Phi) is 7.10. The molecule has 0 bridgehead atoms. The average molecular weight is 441 g/mol. The number of benzene rings is 1. The highest BCUT2D eigenvalue weighted by Crippen LogP contribution is 2.28. The predicted octanol–water partition coefficient (Wildman–Crippen LogP) is 3.30. The molecule has 0 saturated carbocycles. The molecule has 1 aromatic carbocycles. The summed E-state index contributed by atoms with van der Waals surface area (Å²) in [5, 5.41) is 21.4. The third-order valence-corrected chi connectivity index (χ3v) is 6.77. The largest absolute Gasteiger partial charge is 0.376 e. The molecule has 0 aliphatic carbocycles. The number of hydrogen-bond acceptors (Lipinski definition) is 7. The van der Waals surface area contributed by atoms with Crippen LogP contribution in [0.2, 0.25) is 0 Å². The number of nitrogens with zero attached hydrogens (tertiary/aromatic N) is 5. The van der Waals surface area contributed by atoms with Crippen LogP contribution < -0.4 is 10.2 Å². The molecule has 9 heteroatoms. The second-order valence-corrected chi connectivity index (χ2v) is 9.17. The Morgan fingerprint density at radius 1 is 1.26 bits per heavy atom. The molecule has 31 heavy (non-hydrogen) atoms. The van der Waals surface area contributed by atoms with E-state index >= 15 is 0 Å². The summed E-state index contributed by atoms with van der Waals surface area (Å²) in [5.74, 6) is 1.75. The Morgan fingerprint density at radius 2 is 2.03 bits per heavy atom. The number of thioether (sulfide) groups is 1. The summed E-state index contributed by atoms with van der Waals surface area (Å²) in [6.07, 6.45) is 4.60. The lowest BCUT2D eigenvalue weighted by molar-refractivity contribution is -0.113. The van der Waals surface area contributed by atoms with Crippen molar-refractivity contribution in [3.05, 3.63) is 29.8 Å². The van der Waals surface area contributed by atoms with E-state index in [1.54, 1.807) is 24.3 Å². The van der Waals surface area contributed by atoms with E-state index in [1.807, 2.05) is 0 Å². The minimum Gasteiger partial charge on any atom is -0.376 e. The van der Waals surface area contributed by atoms with E-state index in [9.17, 15) is 4.79 Å². The van der Waals surface area contributed by atoms with Crippen molar-refractivity contribution in [3.63, 3.8) is 0 Å². The molecule has 1 aromatic heterocycles. The fraction of sp³-hybridized carbons (Fsp3) is 0.545. The lowest BCUT2D eigenvalue weighted by Gasteiger charge is -2.31. The number of ether oxygens (including phenoxy) is 1. The van der Waals surface area contributed by atoms with Gasteiger partial charge in [-0.05, 0) is 55.9 Å². The van der Waals surface area contributed by atoms with Crippen LogP contribution >= 0.6 is 11.8 Å². The van der Waals surface area contributed by atoms with Gasteiger partial charge in [0.2, 0.25) is 11.9 Å². The maximum Gasteiger partial charge on any atom is 0.234 e. The number of amides is 1. The molecule has 164 valence electrons. The minimum atomic E-state index is -0.116. The minimum absolute atomic E-state index is 0.116. The van der Waals surface area contributed by atoms with Gasteiger partial charge >= 0.3 is 0 Å². The average Bonchev–Trinajstić information content (AvgIpc) is 3.44. The highest BCUT2D eigenvalue weighted by atomic mass is 32.2. The molecular formula is C22H28N6O2S. The van der Waals surface area contributed by atoms with Crippen LogP contribution in [0, 0.1) is 17.2 Å². The molecule has 3 heterocycles. The third-order valence-electron chi connectivity index (χ3n) is 5.80. The SMILES string of the molecule is CC1CCN(c2nnc(SCC(=O)Nc3ccc(C#N)cc3)n2C[C@H]2CCCO2)CC1. The molecule has 4 rings (SSSR count). The summed E-state index contributed by atoms with van der Waals surface area (Å²) in [7, 11) is 0. The van der Waals surface area contributed by atoms with Gasteiger partial charge in [-0.1, -0.05) is 18.7 Å². The van der Waals surface area contributed by atoms with Crippen molar-refractivity contribution in [1.82, 2.24) is 14.8 Å². The van der Waals surface area contributed by atoms with Gasteiger partial charge in [0.05, 0.1) is 30.0 Å². The highest BCUT2D eigenvalue weighted by molar-refractivity contribution is 7.99. The second-order valence-electron chi connectivity index (χ2n) is 8.22. The van der Waals surface area contributed by atoms with Crippen LogP contribution in [-0.4, -0.2) is 52.2 Å². The number of anilines is 2. The first-order chi connectivity index (χ1) is 15.1. The molecule has 1 N–H and O–H groups in total. The van der Waals surface area contributed by atoms with Crippen LogP contribution in [0.1, 0.15) is 38.2 Å². The van der Waals surface area contributed by atoms with Crippen molar-refractivity contribution in [2.75, 3.05) is 35.7 Å². The summed E-state index contributed by atoms with van der Waals surface area (Å²) in [6, 6.07) is 8.91. The molecule has 0 radical (unpaired) electrons. The first-order valence-electron chi connectivity index (χ1n) is 10.8.